The summed E-state index contributed by atoms with van der Waals surface area (Å²) in [6.45, 7) is 5.22. The minimum Gasteiger partial charge on any atom is -0.310 e. The minimum absolute atomic E-state index is 0.570. The second-order valence-electron chi connectivity index (χ2n) is 9.68. The predicted octanol–water partition coefficient (Wildman–Crippen LogP) is 4.78. The Morgan fingerprint density at radius 2 is 1.77 bits per heavy atom. The Morgan fingerprint density at radius 3 is 2.68 bits per heavy atom. The summed E-state index contributed by atoms with van der Waals surface area (Å²) in [7, 11) is 0. The third-order valence-corrected chi connectivity index (χ3v) is 8.75. The van der Waals surface area contributed by atoms with Crippen LogP contribution in [0.5, 0.6) is 0 Å². The van der Waals surface area contributed by atoms with Gasteiger partial charge in [-0.25, -0.2) is 0 Å². The average Bonchev–Trinajstić information content (AvgIpc) is 3.02. The van der Waals surface area contributed by atoms with E-state index in [1.165, 1.54) is 51.4 Å². The molecule has 8 unspecified atom stereocenters. The third-order valence-electron chi connectivity index (χ3n) is 8.75. The van der Waals surface area contributed by atoms with Crippen molar-refractivity contribution >= 4 is 0 Å². The molecule has 0 spiro atoms. The average molecular weight is 300 g/mol. The molecule has 1 aliphatic heterocycles. The van der Waals surface area contributed by atoms with Crippen molar-refractivity contribution in [3.63, 3.8) is 0 Å². The van der Waals surface area contributed by atoms with Gasteiger partial charge in [-0.3, -0.25) is 0 Å². The zero-order chi connectivity index (χ0) is 14.9. The highest BCUT2D eigenvalue weighted by Crippen LogP contribution is 2.64. The van der Waals surface area contributed by atoms with E-state index >= 15 is 0 Å². The molecule has 1 heteroatoms. The molecule has 122 valence electrons. The van der Waals surface area contributed by atoms with Crippen molar-refractivity contribution in [1.29, 1.82) is 0 Å². The lowest BCUT2D eigenvalue weighted by Crippen LogP contribution is -2.46. The summed E-state index contributed by atoms with van der Waals surface area (Å²) in [4.78, 5) is 0. The lowest BCUT2D eigenvalue weighted by molar-refractivity contribution is 0.0832. The van der Waals surface area contributed by atoms with Crippen LogP contribution in [0.3, 0.4) is 0 Å². The molecule has 1 N–H and O–H groups in total. The minimum atomic E-state index is 0.570. The van der Waals surface area contributed by atoms with Gasteiger partial charge in [0.2, 0.25) is 0 Å². The fourth-order valence-corrected chi connectivity index (χ4v) is 7.89. The van der Waals surface area contributed by atoms with Gasteiger partial charge in [0.1, 0.15) is 0 Å². The van der Waals surface area contributed by atoms with Crippen LogP contribution in [0.15, 0.2) is 12.2 Å². The zero-order valence-corrected chi connectivity index (χ0v) is 14.4. The highest BCUT2D eigenvalue weighted by Gasteiger charge is 2.61. The van der Waals surface area contributed by atoms with E-state index in [0.717, 1.165) is 47.6 Å². The van der Waals surface area contributed by atoms with Crippen LogP contribution in [-0.4, -0.2) is 12.1 Å². The molecule has 8 atom stereocenters. The highest BCUT2D eigenvalue weighted by atomic mass is 15.0. The van der Waals surface area contributed by atoms with Crippen molar-refractivity contribution in [3.05, 3.63) is 12.2 Å². The molecular formula is C21H33N. The summed E-state index contributed by atoms with van der Waals surface area (Å²) in [6, 6.07) is 1.72. The maximum atomic E-state index is 4.20. The molecule has 1 heterocycles. The first kappa shape index (κ1) is 14.1. The van der Waals surface area contributed by atoms with Crippen LogP contribution in [-0.2, 0) is 0 Å². The van der Waals surface area contributed by atoms with Gasteiger partial charge in [-0.05, 0) is 79.4 Å². The van der Waals surface area contributed by atoms with Gasteiger partial charge >= 0.3 is 0 Å². The Hall–Kier alpha value is -0.300. The van der Waals surface area contributed by atoms with Gasteiger partial charge in [0, 0.05) is 12.1 Å². The molecule has 4 aliphatic carbocycles. The topological polar surface area (TPSA) is 12.0 Å². The van der Waals surface area contributed by atoms with Crippen LogP contribution in [0.1, 0.15) is 65.2 Å². The Bertz CT molecular complexity index is 478. The van der Waals surface area contributed by atoms with Gasteiger partial charge in [-0.1, -0.05) is 38.8 Å². The quantitative estimate of drug-likeness (QED) is 0.635. The zero-order valence-electron chi connectivity index (χ0n) is 14.4. The maximum absolute atomic E-state index is 4.20. The lowest BCUT2D eigenvalue weighted by atomic mass is 9.62. The Kier molecular flexibility index (Phi) is 3.10. The first-order valence-corrected chi connectivity index (χ1v) is 10.1. The molecule has 3 saturated carbocycles. The van der Waals surface area contributed by atoms with Crippen LogP contribution < -0.4 is 5.32 Å². The summed E-state index contributed by atoms with van der Waals surface area (Å²) in [5, 5.41) is 4.20. The molecule has 5 rings (SSSR count). The van der Waals surface area contributed by atoms with Crippen LogP contribution in [0, 0.1) is 40.9 Å². The molecule has 1 nitrogen and oxygen atoms in total. The smallest absolute Gasteiger partial charge is 0.0138 e. The molecule has 4 fully saturated rings. The summed E-state index contributed by atoms with van der Waals surface area (Å²) in [6.07, 6.45) is 16.9. The molecule has 0 amide bonds. The predicted molar refractivity (Wildman–Crippen MR) is 91.5 cm³/mol. The van der Waals surface area contributed by atoms with Gasteiger partial charge in [0.15, 0.2) is 0 Å². The second kappa shape index (κ2) is 4.85. The Morgan fingerprint density at radius 1 is 0.909 bits per heavy atom. The maximum Gasteiger partial charge on any atom is 0.0138 e. The normalized spacial score (nSPS) is 55.2. The summed E-state index contributed by atoms with van der Waals surface area (Å²) in [5.74, 6) is 5.79. The molecule has 0 aromatic carbocycles. The fraction of sp³-hybridized carbons (Fsp3) is 0.905. The summed E-state index contributed by atoms with van der Waals surface area (Å²) in [5.41, 5.74) is 0.570. The van der Waals surface area contributed by atoms with Crippen molar-refractivity contribution in [1.82, 2.24) is 5.32 Å². The first-order valence-electron chi connectivity index (χ1n) is 10.1. The van der Waals surface area contributed by atoms with Crippen LogP contribution in [0.2, 0.25) is 0 Å². The molecule has 0 aromatic rings. The summed E-state index contributed by atoms with van der Waals surface area (Å²) >= 11 is 0. The van der Waals surface area contributed by atoms with E-state index in [-0.39, 0.29) is 0 Å². The van der Waals surface area contributed by atoms with E-state index < -0.39 is 0 Å². The van der Waals surface area contributed by atoms with Crippen molar-refractivity contribution in [3.8, 4) is 0 Å². The Balaban J connectivity index is 1.51. The Labute approximate surface area is 136 Å². The summed E-state index contributed by atoms with van der Waals surface area (Å²) < 4.78 is 0. The number of hydrogen-bond donors (Lipinski definition) is 1. The molecule has 0 radical (unpaired) electrons. The molecule has 0 bridgehead atoms. The van der Waals surface area contributed by atoms with Crippen molar-refractivity contribution in [2.24, 2.45) is 40.9 Å². The van der Waals surface area contributed by atoms with E-state index in [1.54, 1.807) is 0 Å². The van der Waals surface area contributed by atoms with Gasteiger partial charge in [0.25, 0.3) is 0 Å². The van der Waals surface area contributed by atoms with E-state index in [4.69, 9.17) is 0 Å². The van der Waals surface area contributed by atoms with E-state index in [1.807, 2.05) is 0 Å². The van der Waals surface area contributed by atoms with Crippen molar-refractivity contribution in [2.75, 3.05) is 0 Å². The molecule has 1 saturated heterocycles. The standard InChI is InChI=1S/C21H33N/c1-21(2)16-9-5-3-8-15(16)19-17(21)12-11-14-13-7-4-6-10-18(13)22-20(14)19/h3,8,13-20,22H,4-7,9-12H2,1-2H3. The molecule has 5 aliphatic rings. The van der Waals surface area contributed by atoms with Gasteiger partial charge < -0.3 is 5.32 Å². The fourth-order valence-electron chi connectivity index (χ4n) is 7.89. The second-order valence-corrected chi connectivity index (χ2v) is 9.68. The van der Waals surface area contributed by atoms with Crippen LogP contribution in [0.4, 0.5) is 0 Å². The van der Waals surface area contributed by atoms with E-state index in [9.17, 15) is 0 Å². The number of nitrogens with one attached hydrogen (secondary N) is 1. The van der Waals surface area contributed by atoms with Crippen molar-refractivity contribution < 1.29 is 0 Å². The lowest BCUT2D eigenvalue weighted by Gasteiger charge is -2.43. The van der Waals surface area contributed by atoms with Gasteiger partial charge in [-0.15, -0.1) is 0 Å². The molecule has 22 heavy (non-hydrogen) atoms. The number of fused-ring (bicyclic) bond motifs is 7. The molecule has 0 aromatic heterocycles. The number of hydrogen-bond acceptors (Lipinski definition) is 1. The monoisotopic (exact) mass is 299 g/mol. The third kappa shape index (κ3) is 1.75. The van der Waals surface area contributed by atoms with E-state index in [2.05, 4.69) is 31.3 Å². The highest BCUT2D eigenvalue weighted by molar-refractivity contribution is 5.18. The first-order chi connectivity index (χ1) is 10.7. The van der Waals surface area contributed by atoms with Crippen LogP contribution in [0.25, 0.3) is 0 Å². The van der Waals surface area contributed by atoms with Gasteiger partial charge in [-0.2, -0.15) is 0 Å². The van der Waals surface area contributed by atoms with E-state index in [0.29, 0.717) is 5.41 Å². The molecular weight excluding hydrogens is 266 g/mol. The number of allylic oxidation sites excluding steroid dienone is 2. The largest absolute Gasteiger partial charge is 0.310 e. The SMILES string of the molecule is CC1(C)C2CCC=CC2C2C3NC4CCCCC4C3CCC21. The van der Waals surface area contributed by atoms with Crippen molar-refractivity contribution in [2.45, 2.75) is 77.3 Å². The van der Waals surface area contributed by atoms with Gasteiger partial charge in [0.05, 0.1) is 0 Å². The number of rotatable bonds is 0. The van der Waals surface area contributed by atoms with Crippen LogP contribution >= 0.6 is 0 Å².